The number of hydrogen-bond donors (Lipinski definition) is 1. The van der Waals surface area contributed by atoms with E-state index in [2.05, 4.69) is 15.2 Å². The van der Waals surface area contributed by atoms with Crippen LogP contribution >= 0.6 is 0 Å². The van der Waals surface area contributed by atoms with Crippen LogP contribution in [0.5, 0.6) is 0 Å². The lowest BCUT2D eigenvalue weighted by Crippen LogP contribution is -2.47. The fraction of sp³-hybridized carbons (Fsp3) is 0.304. The van der Waals surface area contributed by atoms with Crippen molar-refractivity contribution in [1.29, 1.82) is 0 Å². The van der Waals surface area contributed by atoms with Gasteiger partial charge in [-0.1, -0.05) is 18.2 Å². The number of carbonyl (C=O) groups excluding carboxylic acids is 1. The van der Waals surface area contributed by atoms with Gasteiger partial charge in [0, 0.05) is 44.7 Å². The minimum Gasteiger partial charge on any atom is -0.441 e. The first-order chi connectivity index (χ1) is 15.8. The molecule has 2 heterocycles. The first kappa shape index (κ1) is 23.1. The summed E-state index contributed by atoms with van der Waals surface area (Å²) >= 11 is 0. The van der Waals surface area contributed by atoms with Crippen LogP contribution in [0.4, 0.5) is 10.1 Å². The lowest BCUT2D eigenvalue weighted by molar-refractivity contribution is -0.116. The van der Waals surface area contributed by atoms with Crippen LogP contribution in [0, 0.1) is 5.82 Å². The molecule has 1 amide bonds. The smallest absolute Gasteiger partial charge is 0.243 e. The van der Waals surface area contributed by atoms with E-state index in [0.29, 0.717) is 49.1 Å². The summed E-state index contributed by atoms with van der Waals surface area (Å²) < 4.78 is 46.8. The quantitative estimate of drug-likeness (QED) is 0.568. The molecule has 0 atom stereocenters. The highest BCUT2D eigenvalue weighted by atomic mass is 32.2. The first-order valence-electron chi connectivity index (χ1n) is 10.6. The number of aromatic nitrogens is 1. The molecule has 1 saturated heterocycles. The second kappa shape index (κ2) is 9.82. The molecule has 10 heteroatoms. The highest BCUT2D eigenvalue weighted by Gasteiger charge is 2.27. The minimum atomic E-state index is -3.63. The van der Waals surface area contributed by atoms with E-state index in [-0.39, 0.29) is 23.6 Å². The fourth-order valence-electron chi connectivity index (χ4n) is 3.57. The predicted octanol–water partition coefficient (Wildman–Crippen LogP) is 2.99. The number of rotatable bonds is 7. The Morgan fingerprint density at radius 2 is 1.88 bits per heavy atom. The van der Waals surface area contributed by atoms with E-state index < -0.39 is 15.8 Å². The molecule has 0 radical (unpaired) electrons. The van der Waals surface area contributed by atoms with Crippen LogP contribution in [0.2, 0.25) is 0 Å². The van der Waals surface area contributed by atoms with Gasteiger partial charge in [0.15, 0.2) is 11.7 Å². The number of oxazole rings is 1. The molecule has 1 aliphatic heterocycles. The normalized spacial score (nSPS) is 15.5. The number of amides is 1. The van der Waals surface area contributed by atoms with Crippen molar-refractivity contribution in [1.82, 2.24) is 14.2 Å². The van der Waals surface area contributed by atoms with Crippen molar-refractivity contribution in [3.05, 3.63) is 66.4 Å². The summed E-state index contributed by atoms with van der Waals surface area (Å²) in [4.78, 5) is 18.7. The van der Waals surface area contributed by atoms with Gasteiger partial charge in [-0.2, -0.15) is 4.31 Å². The SMILES string of the molecule is CN1CCN(S(=O)(=O)c2cccc(NC(=O)CCc3ncc(-c4ccccc4F)o3)c2)CC1. The van der Waals surface area contributed by atoms with E-state index in [0.717, 1.165) is 0 Å². The third-order valence-corrected chi connectivity index (χ3v) is 7.37. The molecule has 0 unspecified atom stereocenters. The van der Waals surface area contributed by atoms with Crippen LogP contribution in [0.15, 0.2) is 64.0 Å². The third kappa shape index (κ3) is 5.47. The molecule has 1 fully saturated rings. The lowest BCUT2D eigenvalue weighted by Gasteiger charge is -2.31. The maximum Gasteiger partial charge on any atom is 0.243 e. The summed E-state index contributed by atoms with van der Waals surface area (Å²) in [6, 6.07) is 12.5. The Morgan fingerprint density at radius 3 is 2.64 bits per heavy atom. The average molecular weight is 473 g/mol. The monoisotopic (exact) mass is 472 g/mol. The van der Waals surface area contributed by atoms with Crippen molar-refractivity contribution in [3.63, 3.8) is 0 Å². The summed E-state index contributed by atoms with van der Waals surface area (Å²) in [6.07, 6.45) is 1.73. The largest absolute Gasteiger partial charge is 0.441 e. The van der Waals surface area contributed by atoms with Gasteiger partial charge in [0.25, 0.3) is 0 Å². The Bertz CT molecular complexity index is 1240. The molecule has 0 aliphatic carbocycles. The topological polar surface area (TPSA) is 95.8 Å². The standard InChI is InChI=1S/C23H25FN4O4S/c1-27-11-13-28(14-12-27)33(30,31)18-6-4-5-17(15-18)26-22(29)9-10-23-25-16-21(32-23)19-7-2-3-8-20(19)24/h2-8,15-16H,9-14H2,1H3,(H,26,29). The van der Waals surface area contributed by atoms with Crippen molar-refractivity contribution in [2.75, 3.05) is 38.5 Å². The number of hydrogen-bond acceptors (Lipinski definition) is 6. The summed E-state index contributed by atoms with van der Waals surface area (Å²) in [5, 5.41) is 2.72. The maximum atomic E-state index is 13.9. The van der Waals surface area contributed by atoms with Gasteiger partial charge in [-0.15, -0.1) is 0 Å². The third-order valence-electron chi connectivity index (χ3n) is 5.48. The molecular weight excluding hydrogens is 447 g/mol. The molecule has 1 aliphatic rings. The molecule has 8 nitrogen and oxygen atoms in total. The van der Waals surface area contributed by atoms with Gasteiger partial charge in [0.2, 0.25) is 15.9 Å². The lowest BCUT2D eigenvalue weighted by atomic mass is 10.2. The number of benzene rings is 2. The molecule has 0 saturated carbocycles. The summed E-state index contributed by atoms with van der Waals surface area (Å²) in [5.41, 5.74) is 0.703. The highest BCUT2D eigenvalue weighted by molar-refractivity contribution is 7.89. The summed E-state index contributed by atoms with van der Waals surface area (Å²) in [5.74, 6) is -0.112. The molecule has 4 rings (SSSR count). The predicted molar refractivity (Wildman–Crippen MR) is 122 cm³/mol. The van der Waals surface area contributed by atoms with Crippen molar-refractivity contribution >= 4 is 21.6 Å². The average Bonchev–Trinajstić information content (AvgIpc) is 3.27. The zero-order valence-electron chi connectivity index (χ0n) is 18.2. The van der Waals surface area contributed by atoms with E-state index in [9.17, 15) is 17.6 Å². The molecule has 1 aromatic heterocycles. The van der Waals surface area contributed by atoms with Gasteiger partial charge >= 0.3 is 0 Å². The van der Waals surface area contributed by atoms with Crippen LogP contribution in [-0.4, -0.2) is 61.7 Å². The maximum absolute atomic E-state index is 13.9. The van der Waals surface area contributed by atoms with E-state index in [1.165, 1.54) is 28.7 Å². The number of piperazine rings is 1. The van der Waals surface area contributed by atoms with Gasteiger partial charge in [0.05, 0.1) is 16.7 Å². The van der Waals surface area contributed by atoms with Crippen LogP contribution in [-0.2, 0) is 21.2 Å². The highest BCUT2D eigenvalue weighted by Crippen LogP contribution is 2.24. The molecule has 1 N–H and O–H groups in total. The second-order valence-electron chi connectivity index (χ2n) is 7.88. The Hall–Kier alpha value is -3.08. The van der Waals surface area contributed by atoms with Crippen molar-refractivity contribution in [3.8, 4) is 11.3 Å². The Balaban J connectivity index is 1.36. The van der Waals surface area contributed by atoms with Crippen molar-refractivity contribution in [2.24, 2.45) is 0 Å². The number of aryl methyl sites for hydroxylation is 1. The van der Waals surface area contributed by atoms with Crippen molar-refractivity contribution in [2.45, 2.75) is 17.7 Å². The Morgan fingerprint density at radius 1 is 1.12 bits per heavy atom. The number of carbonyl (C=O) groups is 1. The van der Waals surface area contributed by atoms with Gasteiger partial charge in [-0.3, -0.25) is 4.79 Å². The van der Waals surface area contributed by atoms with Gasteiger partial charge < -0.3 is 14.6 Å². The number of nitrogens with one attached hydrogen (secondary N) is 1. The summed E-state index contributed by atoms with van der Waals surface area (Å²) in [7, 11) is -1.67. The van der Waals surface area contributed by atoms with Gasteiger partial charge in [0.1, 0.15) is 5.82 Å². The van der Waals surface area contributed by atoms with Crippen molar-refractivity contribution < 1.29 is 22.0 Å². The molecule has 2 aromatic carbocycles. The summed E-state index contributed by atoms with van der Waals surface area (Å²) in [6.45, 7) is 2.21. The zero-order valence-corrected chi connectivity index (χ0v) is 19.0. The number of sulfonamides is 1. The van der Waals surface area contributed by atoms with Gasteiger partial charge in [-0.25, -0.2) is 17.8 Å². The van der Waals surface area contributed by atoms with E-state index >= 15 is 0 Å². The molecule has 174 valence electrons. The molecular formula is C23H25FN4O4S. The second-order valence-corrected chi connectivity index (χ2v) is 9.82. The van der Waals surface area contributed by atoms with Gasteiger partial charge in [-0.05, 0) is 37.4 Å². The van der Waals surface area contributed by atoms with Crippen LogP contribution in [0.1, 0.15) is 12.3 Å². The Kier molecular flexibility index (Phi) is 6.87. The van der Waals surface area contributed by atoms with E-state index in [4.69, 9.17) is 4.42 Å². The number of anilines is 1. The zero-order chi connectivity index (χ0) is 23.4. The van der Waals surface area contributed by atoms with Crippen LogP contribution < -0.4 is 5.32 Å². The first-order valence-corrected chi connectivity index (χ1v) is 12.0. The number of halogens is 1. The fourth-order valence-corrected chi connectivity index (χ4v) is 5.04. The van der Waals surface area contributed by atoms with Crippen LogP contribution in [0.3, 0.4) is 0 Å². The molecule has 33 heavy (non-hydrogen) atoms. The number of likely N-dealkylation sites (N-methyl/N-ethyl adjacent to an activating group) is 1. The van der Waals surface area contributed by atoms with Crippen LogP contribution in [0.25, 0.3) is 11.3 Å². The molecule has 0 spiro atoms. The van der Waals surface area contributed by atoms with E-state index in [1.54, 1.807) is 30.3 Å². The molecule has 0 bridgehead atoms. The molecule has 3 aromatic rings. The minimum absolute atomic E-state index is 0.0761. The number of nitrogens with zero attached hydrogens (tertiary/aromatic N) is 3. The van der Waals surface area contributed by atoms with E-state index in [1.807, 2.05) is 7.05 Å². The Labute approximate surface area is 192 Å².